The minimum atomic E-state index is -0.320. The zero-order chi connectivity index (χ0) is 16.1. The van der Waals surface area contributed by atoms with Gasteiger partial charge in [-0.1, -0.05) is 30.3 Å². The van der Waals surface area contributed by atoms with Crippen molar-refractivity contribution in [2.24, 2.45) is 0 Å². The molecule has 2 aliphatic heterocycles. The number of ether oxygens (including phenoxy) is 1. The van der Waals surface area contributed by atoms with Gasteiger partial charge in [0.15, 0.2) is 0 Å². The van der Waals surface area contributed by atoms with E-state index in [1.807, 2.05) is 11.0 Å². The van der Waals surface area contributed by atoms with E-state index in [1.54, 1.807) is 0 Å². The average molecular weight is 316 g/mol. The summed E-state index contributed by atoms with van der Waals surface area (Å²) in [4.78, 5) is 25.4. The van der Waals surface area contributed by atoms with Crippen molar-refractivity contribution >= 4 is 11.8 Å². The highest BCUT2D eigenvalue weighted by atomic mass is 16.5. The quantitative estimate of drug-likeness (QED) is 0.810. The van der Waals surface area contributed by atoms with Gasteiger partial charge in [-0.15, -0.1) is 0 Å². The first-order valence-corrected chi connectivity index (χ1v) is 8.46. The molecular formula is C18H24N2O3. The van der Waals surface area contributed by atoms with Crippen molar-refractivity contribution in [2.45, 2.75) is 44.2 Å². The van der Waals surface area contributed by atoms with Gasteiger partial charge in [-0.3, -0.25) is 9.59 Å². The molecule has 0 bridgehead atoms. The Kier molecular flexibility index (Phi) is 5.28. The van der Waals surface area contributed by atoms with Crippen LogP contribution in [0.2, 0.25) is 0 Å². The van der Waals surface area contributed by atoms with E-state index in [4.69, 9.17) is 4.74 Å². The second-order valence-corrected chi connectivity index (χ2v) is 6.31. The summed E-state index contributed by atoms with van der Waals surface area (Å²) in [6.07, 6.45) is 4.11. The van der Waals surface area contributed by atoms with Crippen molar-refractivity contribution in [3.05, 3.63) is 35.9 Å². The van der Waals surface area contributed by atoms with Crippen molar-refractivity contribution in [1.29, 1.82) is 0 Å². The summed E-state index contributed by atoms with van der Waals surface area (Å²) in [6, 6.07) is 10.1. The number of hydrogen-bond acceptors (Lipinski definition) is 3. The van der Waals surface area contributed by atoms with E-state index in [2.05, 4.69) is 29.6 Å². The van der Waals surface area contributed by atoms with E-state index < -0.39 is 0 Å². The number of carbonyl (C=O) groups excluding carboxylic acids is 2. The normalized spacial score (nSPS) is 24.0. The third kappa shape index (κ3) is 4.32. The lowest BCUT2D eigenvalue weighted by atomic mass is 10.1. The molecule has 23 heavy (non-hydrogen) atoms. The number of hydrogen-bond donors (Lipinski definition) is 1. The summed E-state index contributed by atoms with van der Waals surface area (Å²) in [5, 5.41) is 2.74. The number of likely N-dealkylation sites (tertiary alicyclic amines) is 1. The fraction of sp³-hybridized carbons (Fsp3) is 0.556. The second-order valence-electron chi connectivity index (χ2n) is 6.31. The monoisotopic (exact) mass is 316 g/mol. The Balaban J connectivity index is 1.35. The summed E-state index contributed by atoms with van der Waals surface area (Å²) in [5.41, 5.74) is 1.33. The van der Waals surface area contributed by atoms with Crippen LogP contribution in [0.1, 0.15) is 31.2 Å². The van der Waals surface area contributed by atoms with Gasteiger partial charge in [-0.2, -0.15) is 0 Å². The van der Waals surface area contributed by atoms with Gasteiger partial charge in [0.05, 0.1) is 6.10 Å². The van der Waals surface area contributed by atoms with Crippen LogP contribution in [0.15, 0.2) is 30.3 Å². The van der Waals surface area contributed by atoms with Crippen LogP contribution in [-0.4, -0.2) is 48.6 Å². The molecular weight excluding hydrogens is 292 g/mol. The fourth-order valence-electron chi connectivity index (χ4n) is 3.26. The molecule has 5 nitrogen and oxygen atoms in total. The van der Waals surface area contributed by atoms with Crippen molar-refractivity contribution in [1.82, 2.24) is 10.2 Å². The van der Waals surface area contributed by atoms with Crippen molar-refractivity contribution in [3.63, 3.8) is 0 Å². The van der Waals surface area contributed by atoms with Gasteiger partial charge >= 0.3 is 0 Å². The first-order valence-electron chi connectivity index (χ1n) is 8.46. The number of nitrogens with one attached hydrogen (secondary N) is 1. The molecule has 2 atom stereocenters. The summed E-state index contributed by atoms with van der Waals surface area (Å²) < 4.78 is 5.91. The molecule has 2 fully saturated rings. The van der Waals surface area contributed by atoms with Crippen molar-refractivity contribution < 1.29 is 14.3 Å². The summed E-state index contributed by atoms with van der Waals surface area (Å²) >= 11 is 0. The predicted molar refractivity (Wildman–Crippen MR) is 86.9 cm³/mol. The molecule has 1 N–H and O–H groups in total. The molecule has 0 aliphatic carbocycles. The Morgan fingerprint density at radius 1 is 1.26 bits per heavy atom. The van der Waals surface area contributed by atoms with E-state index in [1.165, 1.54) is 5.56 Å². The smallest absolute Gasteiger partial charge is 0.245 e. The third-order valence-electron chi connectivity index (χ3n) is 4.56. The Labute approximate surface area is 137 Å². The van der Waals surface area contributed by atoms with Gasteiger partial charge in [0.25, 0.3) is 0 Å². The van der Waals surface area contributed by atoms with Gasteiger partial charge in [0.1, 0.15) is 6.04 Å². The summed E-state index contributed by atoms with van der Waals surface area (Å²) in [7, 11) is 0. The predicted octanol–water partition coefficient (Wildman–Crippen LogP) is 1.52. The number of nitrogens with zero attached hydrogens (tertiary/aromatic N) is 1. The molecule has 2 saturated heterocycles. The van der Waals surface area contributed by atoms with Crippen molar-refractivity contribution in [3.8, 4) is 0 Å². The van der Waals surface area contributed by atoms with E-state index in [0.29, 0.717) is 19.4 Å². The molecule has 0 aromatic heterocycles. The van der Waals surface area contributed by atoms with Crippen LogP contribution in [0.5, 0.6) is 0 Å². The van der Waals surface area contributed by atoms with Gasteiger partial charge in [0.2, 0.25) is 11.8 Å². The van der Waals surface area contributed by atoms with Gasteiger partial charge in [-0.25, -0.2) is 0 Å². The lowest BCUT2D eigenvalue weighted by Crippen LogP contribution is -2.43. The Morgan fingerprint density at radius 2 is 2.09 bits per heavy atom. The third-order valence-corrected chi connectivity index (χ3v) is 4.56. The molecule has 0 spiro atoms. The highest BCUT2D eigenvalue weighted by molar-refractivity contribution is 5.90. The molecule has 0 saturated carbocycles. The molecule has 1 aromatic rings. The number of amides is 2. The standard InChI is InChI=1S/C18H24N2O3/c21-17-9-8-16(19-17)18(22)20-11-10-15(13-20)23-12-4-7-14-5-2-1-3-6-14/h1-3,5-6,15-16H,4,7-13H2,(H,19,21)/t15-,16+/m1/s1. The van der Waals surface area contributed by atoms with Crippen LogP contribution < -0.4 is 5.32 Å². The minimum Gasteiger partial charge on any atom is -0.376 e. The van der Waals surface area contributed by atoms with Crippen molar-refractivity contribution in [2.75, 3.05) is 19.7 Å². The lowest BCUT2D eigenvalue weighted by molar-refractivity contribution is -0.133. The van der Waals surface area contributed by atoms with E-state index in [9.17, 15) is 9.59 Å². The Morgan fingerprint density at radius 3 is 2.83 bits per heavy atom. The number of rotatable bonds is 6. The van der Waals surface area contributed by atoms with Crippen LogP contribution in [0.3, 0.4) is 0 Å². The Hall–Kier alpha value is -1.88. The molecule has 2 heterocycles. The van der Waals surface area contributed by atoms with E-state index >= 15 is 0 Å². The molecule has 0 radical (unpaired) electrons. The molecule has 5 heteroatoms. The molecule has 3 rings (SSSR count). The molecule has 2 aliphatic rings. The SMILES string of the molecule is O=C1CC[C@@H](C(=O)N2CC[C@@H](OCCCc3ccccc3)C2)N1. The fourth-order valence-corrected chi connectivity index (χ4v) is 3.26. The first-order chi connectivity index (χ1) is 11.2. The van der Waals surface area contributed by atoms with Crippen LogP contribution in [0, 0.1) is 0 Å². The maximum absolute atomic E-state index is 12.3. The number of aryl methyl sites for hydroxylation is 1. The average Bonchev–Trinajstić information content (AvgIpc) is 3.21. The summed E-state index contributed by atoms with van der Waals surface area (Å²) in [6.45, 7) is 2.10. The zero-order valence-electron chi connectivity index (χ0n) is 13.4. The maximum atomic E-state index is 12.3. The molecule has 2 amide bonds. The highest BCUT2D eigenvalue weighted by Gasteiger charge is 2.34. The summed E-state index contributed by atoms with van der Waals surface area (Å²) in [5.74, 6) is 0.0301. The second kappa shape index (κ2) is 7.59. The minimum absolute atomic E-state index is 0.0174. The van der Waals surface area contributed by atoms with Crippen LogP contribution in [-0.2, 0) is 20.7 Å². The molecule has 124 valence electrons. The van der Waals surface area contributed by atoms with E-state index in [0.717, 1.165) is 32.4 Å². The number of benzene rings is 1. The van der Waals surface area contributed by atoms with Gasteiger partial charge in [0, 0.05) is 26.1 Å². The zero-order valence-corrected chi connectivity index (χ0v) is 13.4. The lowest BCUT2D eigenvalue weighted by Gasteiger charge is -2.20. The highest BCUT2D eigenvalue weighted by Crippen LogP contribution is 2.17. The van der Waals surface area contributed by atoms with E-state index in [-0.39, 0.29) is 24.0 Å². The largest absolute Gasteiger partial charge is 0.376 e. The van der Waals surface area contributed by atoms with Crippen LogP contribution in [0.25, 0.3) is 0 Å². The maximum Gasteiger partial charge on any atom is 0.245 e. The van der Waals surface area contributed by atoms with Gasteiger partial charge in [-0.05, 0) is 31.2 Å². The van der Waals surface area contributed by atoms with Gasteiger partial charge < -0.3 is 15.0 Å². The first kappa shape index (κ1) is 16.0. The van der Waals surface area contributed by atoms with Crippen LogP contribution in [0.4, 0.5) is 0 Å². The topological polar surface area (TPSA) is 58.6 Å². The molecule has 1 aromatic carbocycles. The Bertz CT molecular complexity index is 546. The molecule has 0 unspecified atom stereocenters. The number of carbonyl (C=O) groups is 2. The van der Waals surface area contributed by atoms with Crippen LogP contribution >= 0.6 is 0 Å².